The third-order valence-corrected chi connectivity index (χ3v) is 4.34. The van der Waals surface area contributed by atoms with E-state index in [1.165, 1.54) is 6.26 Å². The lowest BCUT2D eigenvalue weighted by molar-refractivity contribution is 0.0582. The summed E-state index contributed by atoms with van der Waals surface area (Å²) < 4.78 is 5.26. The first kappa shape index (κ1) is 15.6. The molecule has 2 atom stereocenters. The second kappa shape index (κ2) is 6.42. The molecule has 2 aromatic rings. The molecule has 0 bridgehead atoms. The van der Waals surface area contributed by atoms with Gasteiger partial charge in [0.25, 0.3) is 11.5 Å². The monoisotopic (exact) mass is 315 g/mol. The summed E-state index contributed by atoms with van der Waals surface area (Å²) in [5.41, 5.74) is 6.30. The lowest BCUT2D eigenvalue weighted by Crippen LogP contribution is -2.52. The highest BCUT2D eigenvalue weighted by atomic mass is 16.3. The number of nitrogens with one attached hydrogen (secondary N) is 1. The highest BCUT2D eigenvalue weighted by Crippen LogP contribution is 2.21. The largest absolute Gasteiger partial charge is 0.463 e. The van der Waals surface area contributed by atoms with Gasteiger partial charge in [-0.1, -0.05) is 0 Å². The van der Waals surface area contributed by atoms with Crippen molar-refractivity contribution in [2.45, 2.75) is 38.3 Å². The number of carbonyl (C=O) groups is 1. The summed E-state index contributed by atoms with van der Waals surface area (Å²) in [5.74, 6) is 0.312. The van der Waals surface area contributed by atoms with Gasteiger partial charge < -0.3 is 20.0 Å². The number of piperidine rings is 1. The van der Waals surface area contributed by atoms with Crippen molar-refractivity contribution in [1.29, 1.82) is 0 Å². The molecule has 1 saturated heterocycles. The third kappa shape index (κ3) is 3.07. The Hall–Kier alpha value is -2.34. The number of nitrogens with zero attached hydrogens (tertiary/aromatic N) is 1. The van der Waals surface area contributed by atoms with Crippen LogP contribution in [-0.4, -0.2) is 34.4 Å². The van der Waals surface area contributed by atoms with Crippen LogP contribution in [0.25, 0.3) is 11.5 Å². The van der Waals surface area contributed by atoms with E-state index < -0.39 is 5.56 Å². The Bertz CT molecular complexity index is 734. The van der Waals surface area contributed by atoms with Gasteiger partial charge in [-0.3, -0.25) is 9.59 Å². The van der Waals surface area contributed by atoms with E-state index in [2.05, 4.69) is 4.98 Å². The van der Waals surface area contributed by atoms with Crippen LogP contribution in [0.3, 0.4) is 0 Å². The van der Waals surface area contributed by atoms with Crippen LogP contribution in [0.4, 0.5) is 0 Å². The Morgan fingerprint density at radius 2 is 2.22 bits per heavy atom. The summed E-state index contributed by atoms with van der Waals surface area (Å²) >= 11 is 0. The predicted octanol–water partition coefficient (Wildman–Crippen LogP) is 1.98. The average molecular weight is 315 g/mol. The molecule has 1 fully saturated rings. The molecule has 2 unspecified atom stereocenters. The molecule has 122 valence electrons. The summed E-state index contributed by atoms with van der Waals surface area (Å²) in [7, 11) is 0. The van der Waals surface area contributed by atoms with Crippen molar-refractivity contribution in [3.63, 3.8) is 0 Å². The number of carbonyl (C=O) groups excluding carboxylic acids is 1. The Labute approximate surface area is 134 Å². The zero-order chi connectivity index (χ0) is 16.4. The predicted molar refractivity (Wildman–Crippen MR) is 87.1 cm³/mol. The van der Waals surface area contributed by atoms with Gasteiger partial charge in [-0.2, -0.15) is 0 Å². The normalized spacial score (nSPS) is 19.6. The number of aromatic amines is 1. The standard InChI is InChI=1S/C17H21N3O3/c1-11(18)14-5-2-3-9-20(14)17(22)12-7-8-13(19-16(12)21)15-6-4-10-23-15/h4,6-8,10-11,14H,2-3,5,9,18H2,1H3,(H,19,21). The van der Waals surface area contributed by atoms with E-state index in [1.807, 2.05) is 6.92 Å². The maximum Gasteiger partial charge on any atom is 0.261 e. The average Bonchev–Trinajstić information content (AvgIpc) is 3.08. The van der Waals surface area contributed by atoms with Gasteiger partial charge in [0, 0.05) is 18.6 Å². The number of hydrogen-bond donors (Lipinski definition) is 2. The first-order valence-corrected chi connectivity index (χ1v) is 7.91. The molecular formula is C17H21N3O3. The third-order valence-electron chi connectivity index (χ3n) is 4.34. The summed E-state index contributed by atoms with van der Waals surface area (Å²) in [6.45, 7) is 2.55. The van der Waals surface area contributed by atoms with Gasteiger partial charge in [0.1, 0.15) is 11.3 Å². The van der Waals surface area contributed by atoms with E-state index in [-0.39, 0.29) is 23.6 Å². The number of nitrogens with two attached hydrogens (primary N) is 1. The van der Waals surface area contributed by atoms with Crippen LogP contribution in [0.2, 0.25) is 0 Å². The number of amides is 1. The number of pyridine rings is 1. The van der Waals surface area contributed by atoms with Gasteiger partial charge in [0.15, 0.2) is 0 Å². The van der Waals surface area contributed by atoms with E-state index in [9.17, 15) is 9.59 Å². The van der Waals surface area contributed by atoms with Crippen molar-refractivity contribution in [3.8, 4) is 11.5 Å². The van der Waals surface area contributed by atoms with Gasteiger partial charge in [0.05, 0.1) is 12.0 Å². The van der Waals surface area contributed by atoms with E-state index in [0.29, 0.717) is 18.0 Å². The van der Waals surface area contributed by atoms with Gasteiger partial charge in [-0.15, -0.1) is 0 Å². The van der Waals surface area contributed by atoms with E-state index in [0.717, 1.165) is 19.3 Å². The fourth-order valence-electron chi connectivity index (χ4n) is 3.13. The number of hydrogen-bond acceptors (Lipinski definition) is 4. The van der Waals surface area contributed by atoms with Crippen LogP contribution >= 0.6 is 0 Å². The molecule has 3 heterocycles. The molecule has 0 saturated carbocycles. The van der Waals surface area contributed by atoms with Crippen molar-refractivity contribution in [2.75, 3.05) is 6.54 Å². The van der Waals surface area contributed by atoms with Gasteiger partial charge in [0.2, 0.25) is 0 Å². The second-order valence-corrected chi connectivity index (χ2v) is 6.01. The fraction of sp³-hybridized carbons (Fsp3) is 0.412. The Balaban J connectivity index is 1.89. The van der Waals surface area contributed by atoms with Gasteiger partial charge in [-0.25, -0.2) is 0 Å². The summed E-state index contributed by atoms with van der Waals surface area (Å²) in [6.07, 6.45) is 4.42. The number of rotatable bonds is 3. The van der Waals surface area contributed by atoms with Crippen LogP contribution in [0.15, 0.2) is 39.7 Å². The number of furan rings is 1. The van der Waals surface area contributed by atoms with Crippen molar-refractivity contribution in [3.05, 3.63) is 46.4 Å². The Kier molecular flexibility index (Phi) is 4.34. The molecule has 23 heavy (non-hydrogen) atoms. The minimum atomic E-state index is -0.405. The molecule has 0 radical (unpaired) electrons. The molecule has 1 amide bonds. The minimum absolute atomic E-state index is 0.0135. The lowest BCUT2D eigenvalue weighted by atomic mass is 9.96. The highest BCUT2D eigenvalue weighted by molar-refractivity contribution is 5.94. The van der Waals surface area contributed by atoms with Crippen molar-refractivity contribution < 1.29 is 9.21 Å². The maximum absolute atomic E-state index is 12.8. The van der Waals surface area contributed by atoms with Crippen LogP contribution in [0.1, 0.15) is 36.5 Å². The lowest BCUT2D eigenvalue weighted by Gasteiger charge is -2.37. The molecule has 6 nitrogen and oxygen atoms in total. The number of likely N-dealkylation sites (tertiary alicyclic amines) is 1. The molecule has 0 aromatic carbocycles. The van der Waals surface area contributed by atoms with Crippen LogP contribution in [0, 0.1) is 0 Å². The van der Waals surface area contributed by atoms with E-state index >= 15 is 0 Å². The van der Waals surface area contributed by atoms with Crippen LogP contribution in [0.5, 0.6) is 0 Å². The van der Waals surface area contributed by atoms with Crippen molar-refractivity contribution in [1.82, 2.24) is 9.88 Å². The maximum atomic E-state index is 12.8. The molecule has 1 aliphatic rings. The zero-order valence-electron chi connectivity index (χ0n) is 13.1. The molecule has 6 heteroatoms. The second-order valence-electron chi connectivity index (χ2n) is 6.01. The topological polar surface area (TPSA) is 92.3 Å². The smallest absolute Gasteiger partial charge is 0.261 e. The highest BCUT2D eigenvalue weighted by Gasteiger charge is 2.31. The quantitative estimate of drug-likeness (QED) is 0.906. The molecular weight excluding hydrogens is 294 g/mol. The van der Waals surface area contributed by atoms with Gasteiger partial charge in [-0.05, 0) is 50.5 Å². The molecule has 2 aromatic heterocycles. The van der Waals surface area contributed by atoms with Crippen molar-refractivity contribution in [2.24, 2.45) is 5.73 Å². The number of H-pyrrole nitrogens is 1. The fourth-order valence-corrected chi connectivity index (χ4v) is 3.13. The molecule has 3 rings (SSSR count). The molecule has 0 aliphatic carbocycles. The summed E-state index contributed by atoms with van der Waals surface area (Å²) in [5, 5.41) is 0. The first-order chi connectivity index (χ1) is 11.1. The number of aromatic nitrogens is 1. The molecule has 0 spiro atoms. The molecule has 3 N–H and O–H groups in total. The van der Waals surface area contributed by atoms with Crippen LogP contribution < -0.4 is 11.3 Å². The summed E-state index contributed by atoms with van der Waals surface area (Å²) in [4.78, 5) is 29.5. The minimum Gasteiger partial charge on any atom is -0.463 e. The van der Waals surface area contributed by atoms with E-state index in [4.69, 9.17) is 10.2 Å². The zero-order valence-corrected chi connectivity index (χ0v) is 13.1. The Morgan fingerprint density at radius 3 is 2.87 bits per heavy atom. The van der Waals surface area contributed by atoms with Crippen LogP contribution in [-0.2, 0) is 0 Å². The summed E-state index contributed by atoms with van der Waals surface area (Å²) in [6, 6.07) is 6.63. The SMILES string of the molecule is CC(N)C1CCCCN1C(=O)c1ccc(-c2ccco2)[nH]c1=O. The Morgan fingerprint density at radius 1 is 1.39 bits per heavy atom. The van der Waals surface area contributed by atoms with E-state index in [1.54, 1.807) is 29.2 Å². The van der Waals surface area contributed by atoms with Crippen molar-refractivity contribution >= 4 is 5.91 Å². The van der Waals surface area contributed by atoms with Gasteiger partial charge >= 0.3 is 0 Å². The molecule has 1 aliphatic heterocycles. The first-order valence-electron chi connectivity index (χ1n) is 7.91.